The second kappa shape index (κ2) is 19.9. The summed E-state index contributed by atoms with van der Waals surface area (Å²) in [6.07, 6.45) is 17.9. The van der Waals surface area contributed by atoms with Gasteiger partial charge in [-0.3, -0.25) is 0 Å². The highest BCUT2D eigenvalue weighted by atomic mass is 16.6. The van der Waals surface area contributed by atoms with Crippen LogP contribution in [-0.4, -0.2) is 25.3 Å². The first-order chi connectivity index (χ1) is 15.7. The number of nitrogens with one attached hydrogen (secondary N) is 1. The van der Waals surface area contributed by atoms with E-state index >= 15 is 0 Å². The molecule has 1 atom stereocenters. The van der Waals surface area contributed by atoms with Gasteiger partial charge >= 0.3 is 6.09 Å². The van der Waals surface area contributed by atoms with Crippen LogP contribution in [0.5, 0.6) is 5.75 Å². The summed E-state index contributed by atoms with van der Waals surface area (Å²) < 4.78 is 11.6. The number of benzene rings is 1. The molecule has 0 bridgehead atoms. The van der Waals surface area contributed by atoms with E-state index in [4.69, 9.17) is 9.47 Å². The molecule has 0 fully saturated rings. The van der Waals surface area contributed by atoms with E-state index in [2.05, 4.69) is 26.1 Å². The maximum absolute atomic E-state index is 12.2. The van der Waals surface area contributed by atoms with Crippen molar-refractivity contribution >= 4 is 6.09 Å². The number of carbonyl (C=O) groups excluding carboxylic acids is 1. The lowest BCUT2D eigenvalue weighted by Crippen LogP contribution is -2.32. The van der Waals surface area contributed by atoms with Gasteiger partial charge in [-0.15, -0.1) is 0 Å². The van der Waals surface area contributed by atoms with E-state index < -0.39 is 0 Å². The molecule has 4 heteroatoms. The maximum atomic E-state index is 12.2. The molecule has 1 rings (SSSR count). The second-order valence-electron chi connectivity index (χ2n) is 9.11. The number of carbonyl (C=O) groups is 1. The third-order valence-corrected chi connectivity index (χ3v) is 5.91. The Labute approximate surface area is 197 Å². The van der Waals surface area contributed by atoms with Crippen molar-refractivity contribution in [3.05, 3.63) is 29.8 Å². The zero-order chi connectivity index (χ0) is 23.3. The molecule has 0 heterocycles. The van der Waals surface area contributed by atoms with Crippen molar-refractivity contribution in [2.75, 3.05) is 13.2 Å². The Balaban J connectivity index is 2.29. The normalized spacial score (nSPS) is 11.8. The van der Waals surface area contributed by atoms with Crippen LogP contribution in [0, 0.1) is 6.92 Å². The van der Waals surface area contributed by atoms with Gasteiger partial charge in [-0.25, -0.2) is 4.79 Å². The molecule has 0 aromatic heterocycles. The fraction of sp³-hybridized carbons (Fsp3) is 0.750. The van der Waals surface area contributed by atoms with Gasteiger partial charge in [0, 0.05) is 6.54 Å². The highest BCUT2D eigenvalue weighted by Gasteiger charge is 2.15. The number of alkyl carbamates (subject to hydrolysis) is 1. The molecule has 1 aromatic carbocycles. The van der Waals surface area contributed by atoms with Gasteiger partial charge in [-0.1, -0.05) is 109 Å². The molecule has 1 N–H and O–H groups in total. The van der Waals surface area contributed by atoms with Crippen molar-refractivity contribution in [3.63, 3.8) is 0 Å². The Kier molecular flexibility index (Phi) is 17.6. The van der Waals surface area contributed by atoms with Crippen LogP contribution in [0.15, 0.2) is 24.3 Å². The zero-order valence-corrected chi connectivity index (χ0v) is 21.1. The summed E-state index contributed by atoms with van der Waals surface area (Å²) in [6, 6.07) is 8.02. The summed E-state index contributed by atoms with van der Waals surface area (Å²) in [4.78, 5) is 12.2. The Morgan fingerprint density at radius 1 is 0.781 bits per heavy atom. The van der Waals surface area contributed by atoms with Gasteiger partial charge in [-0.2, -0.15) is 0 Å². The van der Waals surface area contributed by atoms with E-state index in [0.717, 1.165) is 31.4 Å². The molecule has 1 amide bonds. The van der Waals surface area contributed by atoms with Crippen molar-refractivity contribution in [2.24, 2.45) is 0 Å². The van der Waals surface area contributed by atoms with Gasteiger partial charge in [-0.05, 0) is 38.3 Å². The van der Waals surface area contributed by atoms with E-state index in [1.165, 1.54) is 76.2 Å². The molecule has 1 aromatic rings. The minimum absolute atomic E-state index is 0.207. The quantitative estimate of drug-likeness (QED) is 0.204. The van der Waals surface area contributed by atoms with E-state index in [1.54, 1.807) is 0 Å². The molecule has 0 saturated carbocycles. The van der Waals surface area contributed by atoms with Crippen LogP contribution in [0.1, 0.15) is 116 Å². The fourth-order valence-electron chi connectivity index (χ4n) is 3.79. The number of unbranched alkanes of at least 4 members (excludes halogenated alkanes) is 12. The number of aryl methyl sites for hydroxylation is 1. The molecule has 0 spiro atoms. The predicted octanol–water partition coefficient (Wildman–Crippen LogP) is 8.36. The number of amides is 1. The number of rotatable bonds is 20. The summed E-state index contributed by atoms with van der Waals surface area (Å²) >= 11 is 0. The summed E-state index contributed by atoms with van der Waals surface area (Å²) in [5.74, 6) is 0.826. The third-order valence-electron chi connectivity index (χ3n) is 5.91. The zero-order valence-electron chi connectivity index (χ0n) is 21.1. The number of hydrogen-bond donors (Lipinski definition) is 1. The molecule has 4 nitrogen and oxygen atoms in total. The molecule has 1 unspecified atom stereocenters. The Morgan fingerprint density at radius 3 is 1.91 bits per heavy atom. The van der Waals surface area contributed by atoms with Gasteiger partial charge in [0.1, 0.15) is 18.5 Å². The summed E-state index contributed by atoms with van der Waals surface area (Å²) in [6.45, 7) is 7.60. The number of hydrogen-bond acceptors (Lipinski definition) is 3. The predicted molar refractivity (Wildman–Crippen MR) is 136 cm³/mol. The second-order valence-corrected chi connectivity index (χ2v) is 9.11. The van der Waals surface area contributed by atoms with Crippen LogP contribution in [-0.2, 0) is 4.74 Å². The lowest BCUT2D eigenvalue weighted by molar-refractivity contribution is 0.0586. The average Bonchev–Trinajstić information content (AvgIpc) is 2.79. The lowest BCUT2D eigenvalue weighted by Gasteiger charge is -2.19. The SMILES string of the molecule is CCCCCCCCCCCCC(COc1ccc(C)cc1)OC(=O)NCCCCCC. The van der Waals surface area contributed by atoms with Crippen molar-refractivity contribution in [1.82, 2.24) is 5.32 Å². The molecular formula is C28H49NO3. The van der Waals surface area contributed by atoms with Crippen molar-refractivity contribution in [2.45, 2.75) is 123 Å². The first-order valence-corrected chi connectivity index (χ1v) is 13.3. The average molecular weight is 448 g/mol. The molecule has 0 aliphatic heterocycles. The largest absolute Gasteiger partial charge is 0.490 e. The molecule has 32 heavy (non-hydrogen) atoms. The minimum Gasteiger partial charge on any atom is -0.490 e. The lowest BCUT2D eigenvalue weighted by atomic mass is 10.0. The summed E-state index contributed by atoms with van der Waals surface area (Å²) in [7, 11) is 0. The van der Waals surface area contributed by atoms with E-state index in [0.29, 0.717) is 13.2 Å². The summed E-state index contributed by atoms with van der Waals surface area (Å²) in [5, 5.41) is 2.90. The topological polar surface area (TPSA) is 47.6 Å². The van der Waals surface area contributed by atoms with Crippen LogP contribution < -0.4 is 10.1 Å². The molecular weight excluding hydrogens is 398 g/mol. The van der Waals surface area contributed by atoms with Crippen LogP contribution in [0.25, 0.3) is 0 Å². The van der Waals surface area contributed by atoms with Crippen molar-refractivity contribution in [3.8, 4) is 5.75 Å². The Hall–Kier alpha value is -1.71. The van der Waals surface area contributed by atoms with Crippen LogP contribution in [0.2, 0.25) is 0 Å². The van der Waals surface area contributed by atoms with Gasteiger partial charge in [0.05, 0.1) is 0 Å². The van der Waals surface area contributed by atoms with E-state index in [-0.39, 0.29) is 12.2 Å². The van der Waals surface area contributed by atoms with Gasteiger partial charge in [0.25, 0.3) is 0 Å². The minimum atomic E-state index is -0.314. The molecule has 0 aliphatic carbocycles. The van der Waals surface area contributed by atoms with Gasteiger partial charge < -0.3 is 14.8 Å². The monoisotopic (exact) mass is 447 g/mol. The van der Waals surface area contributed by atoms with Gasteiger partial charge in [0.15, 0.2) is 0 Å². The standard InChI is InChI=1S/C28H49NO3/c1-4-6-8-10-11-12-13-14-15-16-18-27(24-31-26-21-19-25(3)20-22-26)32-28(30)29-23-17-9-7-5-2/h19-22,27H,4-18,23-24H2,1-3H3,(H,29,30). The van der Waals surface area contributed by atoms with Crippen molar-refractivity contribution < 1.29 is 14.3 Å². The highest BCUT2D eigenvalue weighted by Crippen LogP contribution is 2.16. The van der Waals surface area contributed by atoms with E-state index in [1.807, 2.05) is 24.3 Å². The molecule has 0 aliphatic rings. The van der Waals surface area contributed by atoms with Crippen LogP contribution in [0.3, 0.4) is 0 Å². The van der Waals surface area contributed by atoms with E-state index in [9.17, 15) is 4.79 Å². The smallest absolute Gasteiger partial charge is 0.407 e. The van der Waals surface area contributed by atoms with Crippen LogP contribution >= 0.6 is 0 Å². The molecule has 0 radical (unpaired) electrons. The first kappa shape index (κ1) is 28.3. The van der Waals surface area contributed by atoms with Gasteiger partial charge in [0.2, 0.25) is 0 Å². The molecule has 0 saturated heterocycles. The van der Waals surface area contributed by atoms with Crippen molar-refractivity contribution in [1.29, 1.82) is 0 Å². The maximum Gasteiger partial charge on any atom is 0.407 e. The summed E-state index contributed by atoms with van der Waals surface area (Å²) in [5.41, 5.74) is 1.21. The number of ether oxygens (including phenoxy) is 2. The Bertz CT molecular complexity index is 558. The third kappa shape index (κ3) is 16.0. The first-order valence-electron chi connectivity index (χ1n) is 13.3. The van der Waals surface area contributed by atoms with Crippen LogP contribution in [0.4, 0.5) is 4.79 Å². The molecule has 184 valence electrons. The Morgan fingerprint density at radius 2 is 1.31 bits per heavy atom. The fourth-order valence-corrected chi connectivity index (χ4v) is 3.79. The highest BCUT2D eigenvalue weighted by molar-refractivity contribution is 5.67.